The first-order valence-corrected chi connectivity index (χ1v) is 5.31. The molecule has 3 nitrogen and oxygen atoms in total. The Hall–Kier alpha value is -0.830. The summed E-state index contributed by atoms with van der Waals surface area (Å²) in [6.07, 6.45) is 4.94. The fourth-order valence-corrected chi connectivity index (χ4v) is 1.87. The fourth-order valence-electron chi connectivity index (χ4n) is 1.87. The normalized spacial score (nSPS) is 24.1. The predicted octanol–water partition coefficient (Wildman–Crippen LogP) is 1.89. The lowest BCUT2D eigenvalue weighted by molar-refractivity contribution is -0.132. The molecule has 1 N–H and O–H groups in total. The minimum absolute atomic E-state index is 0.532. The highest BCUT2D eigenvalue weighted by molar-refractivity contribution is 5.86. The summed E-state index contributed by atoms with van der Waals surface area (Å²) < 4.78 is 0. The molecule has 0 amide bonds. The molecule has 80 valence electrons. The van der Waals surface area contributed by atoms with Gasteiger partial charge in [0.1, 0.15) is 0 Å². The van der Waals surface area contributed by atoms with Gasteiger partial charge in [0.05, 0.1) is 0 Å². The maximum Gasteiger partial charge on any atom is 0.331 e. The van der Waals surface area contributed by atoms with Gasteiger partial charge >= 0.3 is 5.97 Å². The highest BCUT2D eigenvalue weighted by Gasteiger charge is 2.18. The number of carbonyl (C=O) groups is 1. The van der Waals surface area contributed by atoms with Crippen LogP contribution in [-0.2, 0) is 4.79 Å². The third-order valence-electron chi connectivity index (χ3n) is 2.92. The molecule has 1 fully saturated rings. The van der Waals surface area contributed by atoms with E-state index in [1.54, 1.807) is 0 Å². The van der Waals surface area contributed by atoms with Gasteiger partial charge in [-0.25, -0.2) is 4.79 Å². The lowest BCUT2D eigenvalue weighted by Crippen LogP contribution is -2.27. The summed E-state index contributed by atoms with van der Waals surface area (Å²) in [6.45, 7) is 5.98. The van der Waals surface area contributed by atoms with Crippen molar-refractivity contribution in [2.75, 3.05) is 13.1 Å². The molecule has 1 aliphatic rings. The zero-order valence-corrected chi connectivity index (χ0v) is 8.99. The van der Waals surface area contributed by atoms with Crippen molar-refractivity contribution in [2.24, 2.45) is 0 Å². The van der Waals surface area contributed by atoms with Crippen molar-refractivity contribution >= 4 is 5.97 Å². The van der Waals surface area contributed by atoms with Crippen LogP contribution in [0.25, 0.3) is 0 Å². The Kier molecular flexibility index (Phi) is 4.14. The van der Waals surface area contributed by atoms with E-state index in [9.17, 15) is 4.79 Å². The molecule has 1 unspecified atom stereocenters. The average Bonchev–Trinajstić information content (AvgIpc) is 2.52. The van der Waals surface area contributed by atoms with Crippen molar-refractivity contribution in [3.63, 3.8) is 0 Å². The number of rotatable bonds is 4. The van der Waals surface area contributed by atoms with E-state index in [1.165, 1.54) is 12.8 Å². The number of carboxylic acids is 1. The van der Waals surface area contributed by atoms with Gasteiger partial charge in [0, 0.05) is 18.2 Å². The molecular weight excluding hydrogens is 178 g/mol. The molecule has 1 heterocycles. The monoisotopic (exact) mass is 197 g/mol. The molecule has 0 spiro atoms. The maximum absolute atomic E-state index is 10.7. The van der Waals surface area contributed by atoms with Gasteiger partial charge in [-0.3, -0.25) is 4.90 Å². The highest BCUT2D eigenvalue weighted by atomic mass is 16.4. The fraction of sp³-hybridized carbons (Fsp3) is 0.727. The maximum atomic E-state index is 10.7. The largest absolute Gasteiger partial charge is 0.478 e. The topological polar surface area (TPSA) is 40.5 Å². The second kappa shape index (κ2) is 5.15. The smallest absolute Gasteiger partial charge is 0.331 e. The van der Waals surface area contributed by atoms with Crippen LogP contribution in [0.15, 0.2) is 11.6 Å². The highest BCUT2D eigenvalue weighted by Crippen LogP contribution is 2.16. The molecule has 1 atom stereocenters. The summed E-state index contributed by atoms with van der Waals surface area (Å²) in [5.74, 6) is -0.778. The summed E-state index contributed by atoms with van der Waals surface area (Å²) in [4.78, 5) is 13.1. The molecule has 0 saturated carbocycles. The molecule has 0 aliphatic carbocycles. The van der Waals surface area contributed by atoms with E-state index in [0.29, 0.717) is 18.0 Å². The number of hydrogen-bond donors (Lipinski definition) is 1. The van der Waals surface area contributed by atoms with Crippen molar-refractivity contribution in [1.29, 1.82) is 0 Å². The standard InChI is InChI=1S/C11H19NO2/c1-3-10(11(13)14)6-8-12-7-4-5-9(12)2/h6,9H,3-5,7-8H2,1-2H3,(H,13,14). The van der Waals surface area contributed by atoms with Crippen LogP contribution in [0, 0.1) is 0 Å². The van der Waals surface area contributed by atoms with E-state index in [0.717, 1.165) is 13.1 Å². The molecular formula is C11H19NO2. The van der Waals surface area contributed by atoms with Crippen molar-refractivity contribution < 1.29 is 9.90 Å². The minimum atomic E-state index is -0.778. The predicted molar refractivity (Wildman–Crippen MR) is 56.3 cm³/mol. The number of carboxylic acid groups (broad SMARTS) is 1. The van der Waals surface area contributed by atoms with Gasteiger partial charge in [0.25, 0.3) is 0 Å². The Morgan fingerprint density at radius 3 is 2.79 bits per heavy atom. The van der Waals surface area contributed by atoms with Gasteiger partial charge in [-0.05, 0) is 32.7 Å². The Morgan fingerprint density at radius 1 is 1.64 bits per heavy atom. The van der Waals surface area contributed by atoms with Gasteiger partial charge in [-0.2, -0.15) is 0 Å². The molecule has 3 heteroatoms. The van der Waals surface area contributed by atoms with Crippen molar-refractivity contribution in [2.45, 2.75) is 39.2 Å². The van der Waals surface area contributed by atoms with Crippen LogP contribution in [0.3, 0.4) is 0 Å². The first-order chi connectivity index (χ1) is 6.65. The Bertz CT molecular complexity index is 235. The molecule has 1 rings (SSSR count). The number of hydrogen-bond acceptors (Lipinski definition) is 2. The molecule has 0 aromatic carbocycles. The van der Waals surface area contributed by atoms with Crippen LogP contribution < -0.4 is 0 Å². The molecule has 1 aliphatic heterocycles. The zero-order chi connectivity index (χ0) is 10.6. The van der Waals surface area contributed by atoms with Crippen molar-refractivity contribution in [3.05, 3.63) is 11.6 Å². The van der Waals surface area contributed by atoms with Gasteiger partial charge < -0.3 is 5.11 Å². The molecule has 0 aromatic rings. The van der Waals surface area contributed by atoms with Crippen LogP contribution in [0.1, 0.15) is 33.1 Å². The Balaban J connectivity index is 2.47. The number of likely N-dealkylation sites (tertiary alicyclic amines) is 1. The van der Waals surface area contributed by atoms with E-state index in [4.69, 9.17) is 5.11 Å². The molecule has 0 aromatic heterocycles. The summed E-state index contributed by atoms with van der Waals surface area (Å²) >= 11 is 0. The average molecular weight is 197 g/mol. The van der Waals surface area contributed by atoms with E-state index in [-0.39, 0.29) is 0 Å². The Morgan fingerprint density at radius 2 is 2.36 bits per heavy atom. The first-order valence-electron chi connectivity index (χ1n) is 5.31. The van der Waals surface area contributed by atoms with Crippen LogP contribution in [-0.4, -0.2) is 35.1 Å². The summed E-state index contributed by atoms with van der Waals surface area (Å²) in [6, 6.07) is 0.609. The Labute approximate surface area is 85.4 Å². The van der Waals surface area contributed by atoms with Crippen LogP contribution in [0.4, 0.5) is 0 Å². The van der Waals surface area contributed by atoms with Crippen LogP contribution in [0.2, 0.25) is 0 Å². The summed E-state index contributed by atoms with van der Waals surface area (Å²) in [5, 5.41) is 8.83. The van der Waals surface area contributed by atoms with E-state index < -0.39 is 5.97 Å². The van der Waals surface area contributed by atoms with Crippen molar-refractivity contribution in [3.8, 4) is 0 Å². The molecule has 14 heavy (non-hydrogen) atoms. The van der Waals surface area contributed by atoms with Crippen LogP contribution in [0.5, 0.6) is 0 Å². The number of nitrogens with zero attached hydrogens (tertiary/aromatic N) is 1. The lowest BCUT2D eigenvalue weighted by Gasteiger charge is -2.18. The quantitative estimate of drug-likeness (QED) is 0.700. The second-order valence-electron chi connectivity index (χ2n) is 3.87. The number of aliphatic carboxylic acids is 1. The third kappa shape index (κ3) is 2.84. The minimum Gasteiger partial charge on any atom is -0.478 e. The summed E-state index contributed by atoms with van der Waals surface area (Å²) in [5.41, 5.74) is 0.532. The lowest BCUT2D eigenvalue weighted by atomic mass is 10.2. The van der Waals surface area contributed by atoms with Gasteiger partial charge in [-0.1, -0.05) is 13.0 Å². The molecule has 1 saturated heterocycles. The SMILES string of the molecule is CCC(=CCN1CCCC1C)C(=O)O. The van der Waals surface area contributed by atoms with E-state index in [2.05, 4.69) is 11.8 Å². The second-order valence-corrected chi connectivity index (χ2v) is 3.87. The zero-order valence-electron chi connectivity index (χ0n) is 8.99. The van der Waals surface area contributed by atoms with E-state index in [1.807, 2.05) is 13.0 Å². The van der Waals surface area contributed by atoms with E-state index >= 15 is 0 Å². The first kappa shape index (κ1) is 11.2. The summed E-state index contributed by atoms with van der Waals surface area (Å²) in [7, 11) is 0. The van der Waals surface area contributed by atoms with Crippen LogP contribution >= 0.6 is 0 Å². The third-order valence-corrected chi connectivity index (χ3v) is 2.92. The van der Waals surface area contributed by atoms with Gasteiger partial charge in [0.2, 0.25) is 0 Å². The molecule has 0 bridgehead atoms. The molecule has 0 radical (unpaired) electrons. The van der Waals surface area contributed by atoms with Gasteiger partial charge in [-0.15, -0.1) is 0 Å². The van der Waals surface area contributed by atoms with Crippen molar-refractivity contribution in [1.82, 2.24) is 4.90 Å². The van der Waals surface area contributed by atoms with Gasteiger partial charge in [0.15, 0.2) is 0 Å².